The van der Waals surface area contributed by atoms with Crippen LogP contribution in [-0.2, 0) is 0 Å². The third kappa shape index (κ3) is 2.51. The van der Waals surface area contributed by atoms with Crippen molar-refractivity contribution in [2.75, 3.05) is 0 Å². The summed E-state index contributed by atoms with van der Waals surface area (Å²) in [6.07, 6.45) is 1.67. The summed E-state index contributed by atoms with van der Waals surface area (Å²) in [5.41, 5.74) is 2.16. The van der Waals surface area contributed by atoms with Gasteiger partial charge in [-0.1, -0.05) is 12.1 Å². The number of fused-ring (bicyclic) bond motifs is 1. The van der Waals surface area contributed by atoms with Crippen molar-refractivity contribution in [1.29, 1.82) is 5.26 Å². The molecule has 4 nitrogen and oxygen atoms in total. The highest BCUT2D eigenvalue weighted by Crippen LogP contribution is 2.26. The number of para-hydroxylation sites is 2. The Labute approximate surface area is 136 Å². The third-order valence-corrected chi connectivity index (χ3v) is 4.85. The molecule has 2 aromatic heterocycles. The highest BCUT2D eigenvalue weighted by atomic mass is 127. The van der Waals surface area contributed by atoms with Gasteiger partial charge < -0.3 is 9.40 Å². The number of hydrogen-bond donors (Lipinski definition) is 1. The van der Waals surface area contributed by atoms with Crippen molar-refractivity contribution in [3.8, 4) is 6.07 Å². The van der Waals surface area contributed by atoms with Gasteiger partial charge in [-0.2, -0.15) is 5.26 Å². The molecule has 0 amide bonds. The van der Waals surface area contributed by atoms with E-state index in [1.165, 1.54) is 0 Å². The Balaban J connectivity index is 2.07. The van der Waals surface area contributed by atoms with E-state index >= 15 is 0 Å². The van der Waals surface area contributed by atoms with Crippen LogP contribution in [0.25, 0.3) is 22.7 Å². The summed E-state index contributed by atoms with van der Waals surface area (Å²) < 4.78 is 7.13. The molecular formula is C14H7BrIN3O. The van der Waals surface area contributed by atoms with E-state index in [-0.39, 0.29) is 0 Å². The number of aromatic nitrogens is 2. The van der Waals surface area contributed by atoms with Crippen LogP contribution < -0.4 is 0 Å². The minimum Gasteiger partial charge on any atom is -0.450 e. The van der Waals surface area contributed by atoms with Crippen LogP contribution in [-0.4, -0.2) is 9.97 Å². The second kappa shape index (κ2) is 5.42. The molecule has 0 aliphatic carbocycles. The van der Waals surface area contributed by atoms with Crippen LogP contribution in [0.15, 0.2) is 39.2 Å². The molecule has 0 aliphatic heterocycles. The van der Waals surface area contributed by atoms with Crippen molar-refractivity contribution in [3.05, 3.63) is 50.2 Å². The van der Waals surface area contributed by atoms with Crippen molar-refractivity contribution in [2.45, 2.75) is 0 Å². The maximum Gasteiger partial charge on any atom is 0.178 e. The Morgan fingerprint density at radius 1 is 1.45 bits per heavy atom. The predicted molar refractivity (Wildman–Crippen MR) is 88.7 cm³/mol. The van der Waals surface area contributed by atoms with Crippen LogP contribution in [0.1, 0.15) is 11.6 Å². The Hall–Kier alpha value is -1.59. The molecule has 0 radical (unpaired) electrons. The van der Waals surface area contributed by atoms with Gasteiger partial charge in [0.05, 0.1) is 21.1 Å². The Morgan fingerprint density at radius 3 is 2.90 bits per heavy atom. The first-order valence-corrected chi connectivity index (χ1v) is 7.56. The molecular weight excluding hydrogens is 433 g/mol. The van der Waals surface area contributed by atoms with E-state index in [2.05, 4.69) is 54.6 Å². The lowest BCUT2D eigenvalue weighted by molar-refractivity contribution is 0.527. The van der Waals surface area contributed by atoms with Gasteiger partial charge in [-0.05, 0) is 34.1 Å². The summed E-state index contributed by atoms with van der Waals surface area (Å²) in [6, 6.07) is 11.6. The SMILES string of the molecule is N#C/C(=C\c1cc(Br)c(I)o1)c1nc2ccccc2[nH]1. The quantitative estimate of drug-likeness (QED) is 0.469. The maximum atomic E-state index is 9.31. The van der Waals surface area contributed by atoms with Gasteiger partial charge in [-0.3, -0.25) is 0 Å². The van der Waals surface area contributed by atoms with Crippen molar-refractivity contribution >= 4 is 61.2 Å². The maximum absolute atomic E-state index is 9.31. The first kappa shape index (κ1) is 13.4. The van der Waals surface area contributed by atoms with Crippen LogP contribution in [0.2, 0.25) is 0 Å². The number of halogens is 2. The molecule has 0 aliphatic rings. The molecule has 1 N–H and O–H groups in total. The molecule has 6 heteroatoms. The van der Waals surface area contributed by atoms with E-state index in [4.69, 9.17) is 4.42 Å². The lowest BCUT2D eigenvalue weighted by Crippen LogP contribution is -1.84. The summed E-state index contributed by atoms with van der Waals surface area (Å²) in [5.74, 6) is 1.15. The van der Waals surface area contributed by atoms with Crippen molar-refractivity contribution in [2.24, 2.45) is 0 Å². The minimum absolute atomic E-state index is 0.429. The van der Waals surface area contributed by atoms with E-state index in [1.54, 1.807) is 6.08 Å². The van der Waals surface area contributed by atoms with Gasteiger partial charge >= 0.3 is 0 Å². The molecule has 3 aromatic rings. The number of H-pyrrole nitrogens is 1. The first-order chi connectivity index (χ1) is 9.67. The van der Waals surface area contributed by atoms with E-state index < -0.39 is 0 Å². The lowest BCUT2D eigenvalue weighted by atomic mass is 10.2. The second-order valence-corrected chi connectivity index (χ2v) is 5.88. The van der Waals surface area contributed by atoms with Gasteiger partial charge in [-0.15, -0.1) is 0 Å². The molecule has 0 bridgehead atoms. The molecule has 0 saturated heterocycles. The number of hydrogen-bond acceptors (Lipinski definition) is 3. The van der Waals surface area contributed by atoms with Crippen molar-refractivity contribution < 1.29 is 4.42 Å². The number of nitrogens with zero attached hydrogens (tertiary/aromatic N) is 2. The number of nitriles is 1. The van der Waals surface area contributed by atoms with Crippen molar-refractivity contribution in [3.63, 3.8) is 0 Å². The molecule has 98 valence electrons. The Kier molecular flexibility index (Phi) is 3.63. The summed E-state index contributed by atoms with van der Waals surface area (Å²) in [7, 11) is 0. The molecule has 20 heavy (non-hydrogen) atoms. The van der Waals surface area contributed by atoms with Gasteiger partial charge in [0, 0.05) is 28.7 Å². The molecule has 1 aromatic carbocycles. The van der Waals surface area contributed by atoms with Gasteiger partial charge in [0.25, 0.3) is 0 Å². The number of nitrogens with one attached hydrogen (secondary N) is 1. The fourth-order valence-electron chi connectivity index (χ4n) is 1.81. The summed E-state index contributed by atoms with van der Waals surface area (Å²) in [4.78, 5) is 7.54. The molecule has 0 saturated carbocycles. The Morgan fingerprint density at radius 2 is 2.25 bits per heavy atom. The zero-order chi connectivity index (χ0) is 14.1. The molecule has 0 unspecified atom stereocenters. The Bertz CT molecular complexity index is 804. The monoisotopic (exact) mass is 439 g/mol. The smallest absolute Gasteiger partial charge is 0.178 e. The topological polar surface area (TPSA) is 65.6 Å². The second-order valence-electron chi connectivity index (χ2n) is 4.04. The number of furan rings is 1. The highest BCUT2D eigenvalue weighted by Gasteiger charge is 2.10. The zero-order valence-electron chi connectivity index (χ0n) is 10.0. The van der Waals surface area contributed by atoms with E-state index in [0.29, 0.717) is 17.2 Å². The summed E-state index contributed by atoms with van der Waals surface area (Å²) in [5, 5.41) is 9.31. The van der Waals surface area contributed by atoms with Gasteiger partial charge in [0.15, 0.2) is 3.77 Å². The van der Waals surface area contributed by atoms with E-state index in [0.717, 1.165) is 19.3 Å². The first-order valence-electron chi connectivity index (χ1n) is 5.69. The van der Waals surface area contributed by atoms with Crippen molar-refractivity contribution in [1.82, 2.24) is 9.97 Å². The fraction of sp³-hybridized carbons (Fsp3) is 0. The average molecular weight is 440 g/mol. The minimum atomic E-state index is 0.429. The lowest BCUT2D eigenvalue weighted by Gasteiger charge is -1.91. The van der Waals surface area contributed by atoms with Crippen LogP contribution in [0.4, 0.5) is 0 Å². The van der Waals surface area contributed by atoms with E-state index in [9.17, 15) is 5.26 Å². The number of imidazole rings is 1. The van der Waals surface area contributed by atoms with Gasteiger partial charge in [0.1, 0.15) is 17.7 Å². The van der Waals surface area contributed by atoms with Crippen LogP contribution in [0, 0.1) is 15.1 Å². The summed E-state index contributed by atoms with van der Waals surface area (Å²) in [6.45, 7) is 0. The van der Waals surface area contributed by atoms with Crippen LogP contribution in [0.3, 0.4) is 0 Å². The van der Waals surface area contributed by atoms with E-state index in [1.807, 2.05) is 30.3 Å². The third-order valence-electron chi connectivity index (χ3n) is 2.72. The average Bonchev–Trinajstić information content (AvgIpc) is 3.00. The van der Waals surface area contributed by atoms with Gasteiger partial charge in [-0.25, -0.2) is 4.98 Å². The number of aromatic amines is 1. The largest absolute Gasteiger partial charge is 0.450 e. The predicted octanol–water partition coefficient (Wildman–Crippen LogP) is 4.59. The highest BCUT2D eigenvalue weighted by molar-refractivity contribution is 14.1. The van der Waals surface area contributed by atoms with Crippen LogP contribution in [0.5, 0.6) is 0 Å². The number of rotatable bonds is 2. The normalized spacial score (nSPS) is 11.8. The number of allylic oxidation sites excluding steroid dienone is 1. The standard InChI is InChI=1S/C14H7BrIN3O/c15-10-6-9(20-13(10)16)5-8(7-17)14-18-11-3-1-2-4-12(11)19-14/h1-6H,(H,18,19)/b8-5+. The molecule has 2 heterocycles. The molecule has 0 fully saturated rings. The van der Waals surface area contributed by atoms with Gasteiger partial charge in [0.2, 0.25) is 0 Å². The van der Waals surface area contributed by atoms with Crippen LogP contribution >= 0.6 is 38.5 Å². The molecule has 3 rings (SSSR count). The molecule has 0 spiro atoms. The zero-order valence-corrected chi connectivity index (χ0v) is 13.8. The molecule has 0 atom stereocenters. The number of benzene rings is 1. The fourth-order valence-corrected chi connectivity index (χ4v) is 2.53. The summed E-state index contributed by atoms with van der Waals surface area (Å²) >= 11 is 5.46.